The molecular weight excluding hydrogens is 345 g/mol. The summed E-state index contributed by atoms with van der Waals surface area (Å²) in [4.78, 5) is 12.0. The van der Waals surface area contributed by atoms with Gasteiger partial charge in [-0.2, -0.15) is 0 Å². The van der Waals surface area contributed by atoms with Crippen LogP contribution < -0.4 is 4.72 Å². The lowest BCUT2D eigenvalue weighted by Crippen LogP contribution is -2.18. The summed E-state index contributed by atoms with van der Waals surface area (Å²) in [5, 5.41) is 0.160. The highest BCUT2D eigenvalue weighted by atomic mass is 35.5. The van der Waals surface area contributed by atoms with Gasteiger partial charge in [-0.05, 0) is 43.4 Å². The first kappa shape index (κ1) is 17.4. The maximum atomic E-state index is 12.9. The van der Waals surface area contributed by atoms with Crippen molar-refractivity contribution < 1.29 is 22.3 Å². The molecule has 122 valence electrons. The van der Waals surface area contributed by atoms with E-state index >= 15 is 0 Å². The van der Waals surface area contributed by atoms with Gasteiger partial charge < -0.3 is 4.74 Å². The third-order valence-electron chi connectivity index (χ3n) is 3.04. The van der Waals surface area contributed by atoms with Crippen LogP contribution in [0.25, 0.3) is 0 Å². The highest BCUT2D eigenvalue weighted by Gasteiger charge is 2.14. The van der Waals surface area contributed by atoms with Crippen LogP contribution in [0.5, 0.6) is 0 Å². The maximum Gasteiger partial charge on any atom is 0.338 e. The molecule has 8 heteroatoms. The van der Waals surface area contributed by atoms with Gasteiger partial charge in [-0.15, -0.1) is 0 Å². The first-order chi connectivity index (χ1) is 10.8. The molecule has 0 bridgehead atoms. The summed E-state index contributed by atoms with van der Waals surface area (Å²) < 4.78 is 43.3. The van der Waals surface area contributed by atoms with Crippen molar-refractivity contribution in [3.8, 4) is 0 Å². The molecule has 0 amide bonds. The van der Waals surface area contributed by atoms with Crippen LogP contribution in [-0.4, -0.2) is 21.4 Å². The monoisotopic (exact) mass is 357 g/mol. The minimum absolute atomic E-state index is 0.0399. The summed E-state index contributed by atoms with van der Waals surface area (Å²) in [6.07, 6.45) is 0. The van der Waals surface area contributed by atoms with Crippen LogP contribution in [0.1, 0.15) is 15.9 Å². The van der Waals surface area contributed by atoms with Crippen molar-refractivity contribution >= 4 is 27.6 Å². The number of hydrogen-bond donors (Lipinski definition) is 1. The SMILES string of the molecule is CNS(=O)(=O)c1ccc(C(=O)OCc2ccc(F)cc2Cl)cc1. The molecule has 0 fully saturated rings. The van der Waals surface area contributed by atoms with Gasteiger partial charge in [0.2, 0.25) is 10.0 Å². The second-order valence-electron chi connectivity index (χ2n) is 4.54. The largest absolute Gasteiger partial charge is 0.457 e. The first-order valence-corrected chi connectivity index (χ1v) is 8.34. The third kappa shape index (κ3) is 4.28. The van der Waals surface area contributed by atoms with Gasteiger partial charge in [0, 0.05) is 5.56 Å². The predicted molar refractivity (Wildman–Crippen MR) is 83.2 cm³/mol. The number of esters is 1. The van der Waals surface area contributed by atoms with Crippen LogP contribution in [-0.2, 0) is 21.4 Å². The van der Waals surface area contributed by atoms with E-state index < -0.39 is 21.8 Å². The van der Waals surface area contributed by atoms with Crippen molar-refractivity contribution in [1.29, 1.82) is 0 Å². The number of benzene rings is 2. The molecule has 0 spiro atoms. The fraction of sp³-hybridized carbons (Fsp3) is 0.133. The van der Waals surface area contributed by atoms with Gasteiger partial charge in [-0.3, -0.25) is 0 Å². The highest BCUT2D eigenvalue weighted by molar-refractivity contribution is 7.89. The van der Waals surface area contributed by atoms with Crippen molar-refractivity contribution in [3.05, 3.63) is 64.4 Å². The number of rotatable bonds is 5. The Bertz CT molecular complexity index is 822. The van der Waals surface area contributed by atoms with E-state index in [2.05, 4.69) is 4.72 Å². The molecule has 2 rings (SSSR count). The Morgan fingerprint density at radius 3 is 2.43 bits per heavy atom. The molecule has 0 aliphatic heterocycles. The normalized spacial score (nSPS) is 11.3. The van der Waals surface area contributed by atoms with Gasteiger partial charge in [-0.25, -0.2) is 22.3 Å². The molecule has 0 saturated carbocycles. The van der Waals surface area contributed by atoms with E-state index in [4.69, 9.17) is 16.3 Å². The zero-order valence-corrected chi connectivity index (χ0v) is 13.6. The van der Waals surface area contributed by atoms with Crippen LogP contribution in [0, 0.1) is 5.82 Å². The molecule has 0 aromatic heterocycles. The molecule has 0 radical (unpaired) electrons. The lowest BCUT2D eigenvalue weighted by molar-refractivity contribution is 0.0472. The number of halogens is 2. The van der Waals surface area contributed by atoms with Crippen LogP contribution in [0.3, 0.4) is 0 Å². The first-order valence-electron chi connectivity index (χ1n) is 6.48. The van der Waals surface area contributed by atoms with E-state index in [9.17, 15) is 17.6 Å². The van der Waals surface area contributed by atoms with E-state index in [1.165, 1.54) is 43.4 Å². The van der Waals surface area contributed by atoms with Crippen LogP contribution in [0.2, 0.25) is 5.02 Å². The van der Waals surface area contributed by atoms with Crippen molar-refractivity contribution in [2.45, 2.75) is 11.5 Å². The summed E-state index contributed by atoms with van der Waals surface area (Å²) >= 11 is 5.84. The Morgan fingerprint density at radius 1 is 1.22 bits per heavy atom. The minimum Gasteiger partial charge on any atom is -0.457 e. The molecule has 0 atom stereocenters. The Labute approximate surface area is 138 Å². The molecule has 0 aliphatic rings. The van der Waals surface area contributed by atoms with Crippen molar-refractivity contribution in [2.24, 2.45) is 0 Å². The molecule has 2 aromatic carbocycles. The van der Waals surface area contributed by atoms with Crippen LogP contribution in [0.15, 0.2) is 47.4 Å². The number of nitrogens with one attached hydrogen (secondary N) is 1. The fourth-order valence-corrected chi connectivity index (χ4v) is 2.71. The fourth-order valence-electron chi connectivity index (χ4n) is 1.75. The molecule has 0 heterocycles. The van der Waals surface area contributed by atoms with E-state index in [0.29, 0.717) is 5.56 Å². The average molecular weight is 358 g/mol. The van der Waals surface area contributed by atoms with Gasteiger partial charge in [0.15, 0.2) is 0 Å². The van der Waals surface area contributed by atoms with Gasteiger partial charge in [0.05, 0.1) is 15.5 Å². The molecular formula is C15H13ClFNO4S. The van der Waals surface area contributed by atoms with Crippen molar-refractivity contribution in [2.75, 3.05) is 7.05 Å². The van der Waals surface area contributed by atoms with Crippen molar-refractivity contribution in [3.63, 3.8) is 0 Å². The topological polar surface area (TPSA) is 72.5 Å². The quantitative estimate of drug-likeness (QED) is 0.835. The Balaban J connectivity index is 2.06. The van der Waals surface area contributed by atoms with Gasteiger partial charge >= 0.3 is 5.97 Å². The number of hydrogen-bond acceptors (Lipinski definition) is 4. The van der Waals surface area contributed by atoms with E-state index in [1.54, 1.807) is 0 Å². The minimum atomic E-state index is -3.56. The number of carbonyl (C=O) groups excluding carboxylic acids is 1. The third-order valence-corrected chi connectivity index (χ3v) is 4.83. The molecule has 5 nitrogen and oxygen atoms in total. The lowest BCUT2D eigenvalue weighted by Gasteiger charge is -2.07. The molecule has 2 aromatic rings. The standard InChI is InChI=1S/C15H13ClFNO4S/c1-18-23(20,21)13-6-3-10(4-7-13)15(19)22-9-11-2-5-12(17)8-14(11)16/h2-8,18H,9H2,1H3. The van der Waals surface area contributed by atoms with E-state index in [-0.39, 0.29) is 22.1 Å². The molecule has 23 heavy (non-hydrogen) atoms. The summed E-state index contributed by atoms with van der Waals surface area (Å²) in [6.45, 7) is -0.117. The molecule has 0 saturated heterocycles. The summed E-state index contributed by atoms with van der Waals surface area (Å²) in [5.41, 5.74) is 0.661. The number of ether oxygens (including phenoxy) is 1. The number of carbonyl (C=O) groups is 1. The zero-order valence-electron chi connectivity index (χ0n) is 12.0. The van der Waals surface area contributed by atoms with Gasteiger partial charge in [0.1, 0.15) is 12.4 Å². The Kier molecular flexibility index (Phi) is 5.35. The number of sulfonamides is 1. The summed E-state index contributed by atoms with van der Waals surface area (Å²) in [7, 11) is -2.27. The van der Waals surface area contributed by atoms with Crippen LogP contribution >= 0.6 is 11.6 Å². The highest BCUT2D eigenvalue weighted by Crippen LogP contribution is 2.19. The van der Waals surface area contributed by atoms with Gasteiger partial charge in [-0.1, -0.05) is 17.7 Å². The second-order valence-corrected chi connectivity index (χ2v) is 6.84. The van der Waals surface area contributed by atoms with Crippen molar-refractivity contribution in [1.82, 2.24) is 4.72 Å². The smallest absolute Gasteiger partial charge is 0.338 e. The van der Waals surface area contributed by atoms with E-state index in [1.807, 2.05) is 0 Å². The Hall–Kier alpha value is -1.96. The second kappa shape index (κ2) is 7.08. The Morgan fingerprint density at radius 2 is 1.87 bits per heavy atom. The van der Waals surface area contributed by atoms with E-state index in [0.717, 1.165) is 6.07 Å². The zero-order chi connectivity index (χ0) is 17.0. The summed E-state index contributed by atoms with van der Waals surface area (Å²) in [6, 6.07) is 9.06. The van der Waals surface area contributed by atoms with Gasteiger partial charge in [0.25, 0.3) is 0 Å². The maximum absolute atomic E-state index is 12.9. The summed E-state index contributed by atoms with van der Waals surface area (Å²) in [5.74, 6) is -1.12. The average Bonchev–Trinajstić information content (AvgIpc) is 2.54. The lowest BCUT2D eigenvalue weighted by atomic mass is 10.2. The molecule has 0 unspecified atom stereocenters. The molecule has 1 N–H and O–H groups in total. The van der Waals surface area contributed by atoms with Crippen LogP contribution in [0.4, 0.5) is 4.39 Å². The predicted octanol–water partition coefficient (Wildman–Crippen LogP) is 2.74. The molecule has 0 aliphatic carbocycles.